The molecule has 0 saturated heterocycles. The molecule has 1 aromatic heterocycles. The number of rotatable bonds is 6. The van der Waals surface area contributed by atoms with E-state index in [-0.39, 0.29) is 5.82 Å². The molecule has 0 fully saturated rings. The number of aromatic nitrogens is 1. The van der Waals surface area contributed by atoms with Crippen LogP contribution in [-0.2, 0) is 6.42 Å². The van der Waals surface area contributed by atoms with Gasteiger partial charge < -0.3 is 10.4 Å². The summed E-state index contributed by atoms with van der Waals surface area (Å²) in [6, 6.07) is 9.97. The summed E-state index contributed by atoms with van der Waals surface area (Å²) >= 11 is 0. The number of hydrogen-bond acceptors (Lipinski definition) is 3. The highest BCUT2D eigenvalue weighted by atomic mass is 19.1. The van der Waals surface area contributed by atoms with Gasteiger partial charge in [0.1, 0.15) is 5.82 Å². The van der Waals surface area contributed by atoms with Gasteiger partial charge in [0.2, 0.25) is 0 Å². The molecule has 2 N–H and O–H groups in total. The van der Waals surface area contributed by atoms with Crippen molar-refractivity contribution >= 4 is 0 Å². The summed E-state index contributed by atoms with van der Waals surface area (Å²) in [5.41, 5.74) is 1.79. The molecular formula is C15H17FN2O. The minimum Gasteiger partial charge on any atom is -0.387 e. The van der Waals surface area contributed by atoms with Crippen LogP contribution in [0.4, 0.5) is 4.39 Å². The van der Waals surface area contributed by atoms with Crippen LogP contribution >= 0.6 is 0 Å². The minimum atomic E-state index is -0.687. The topological polar surface area (TPSA) is 45.1 Å². The standard InChI is InChI=1S/C15H17FN2O/c16-14-3-1-2-13(10-14)15(19)11-18-9-6-12-4-7-17-8-5-12/h1-5,7-8,10,15,18-19H,6,9,11H2. The van der Waals surface area contributed by atoms with Crippen LogP contribution in [-0.4, -0.2) is 23.2 Å². The molecule has 4 heteroatoms. The number of nitrogens with zero attached hydrogens (tertiary/aromatic N) is 1. The molecule has 3 nitrogen and oxygen atoms in total. The number of pyridine rings is 1. The molecule has 1 heterocycles. The third-order valence-electron chi connectivity index (χ3n) is 2.91. The van der Waals surface area contributed by atoms with Gasteiger partial charge in [-0.05, 0) is 48.4 Å². The van der Waals surface area contributed by atoms with E-state index in [0.717, 1.165) is 13.0 Å². The van der Waals surface area contributed by atoms with E-state index in [1.165, 1.54) is 17.7 Å². The summed E-state index contributed by atoms with van der Waals surface area (Å²) in [5.74, 6) is -0.326. The van der Waals surface area contributed by atoms with Crippen LogP contribution < -0.4 is 5.32 Å². The lowest BCUT2D eigenvalue weighted by molar-refractivity contribution is 0.174. The van der Waals surface area contributed by atoms with Gasteiger partial charge in [-0.15, -0.1) is 0 Å². The van der Waals surface area contributed by atoms with E-state index < -0.39 is 6.10 Å². The minimum absolute atomic E-state index is 0.326. The highest BCUT2D eigenvalue weighted by molar-refractivity contribution is 5.19. The molecule has 19 heavy (non-hydrogen) atoms. The summed E-state index contributed by atoms with van der Waals surface area (Å²) in [4.78, 5) is 3.95. The van der Waals surface area contributed by atoms with Crippen LogP contribution in [0.3, 0.4) is 0 Å². The SMILES string of the molecule is OC(CNCCc1ccncc1)c1cccc(F)c1. The van der Waals surface area contributed by atoms with Crippen molar-refractivity contribution < 1.29 is 9.50 Å². The Morgan fingerprint density at radius 1 is 1.21 bits per heavy atom. The van der Waals surface area contributed by atoms with E-state index >= 15 is 0 Å². The first-order chi connectivity index (χ1) is 9.25. The Bertz CT molecular complexity index is 505. The number of hydrogen-bond donors (Lipinski definition) is 2. The van der Waals surface area contributed by atoms with Crippen LogP contribution in [0.15, 0.2) is 48.8 Å². The molecule has 0 radical (unpaired) electrons. The van der Waals surface area contributed by atoms with Gasteiger partial charge in [-0.1, -0.05) is 12.1 Å². The third-order valence-corrected chi connectivity index (χ3v) is 2.91. The molecule has 1 unspecified atom stereocenters. The van der Waals surface area contributed by atoms with Crippen molar-refractivity contribution in [3.63, 3.8) is 0 Å². The first-order valence-corrected chi connectivity index (χ1v) is 6.29. The van der Waals surface area contributed by atoms with E-state index in [4.69, 9.17) is 0 Å². The van der Waals surface area contributed by atoms with Crippen LogP contribution in [0.1, 0.15) is 17.2 Å². The van der Waals surface area contributed by atoms with Crippen molar-refractivity contribution in [1.82, 2.24) is 10.3 Å². The number of aliphatic hydroxyl groups excluding tert-OH is 1. The number of halogens is 1. The molecule has 0 aliphatic carbocycles. The summed E-state index contributed by atoms with van der Waals surface area (Å²) in [6.45, 7) is 1.17. The van der Waals surface area contributed by atoms with E-state index in [2.05, 4.69) is 10.3 Å². The molecular weight excluding hydrogens is 243 g/mol. The second-order valence-corrected chi connectivity index (χ2v) is 4.38. The van der Waals surface area contributed by atoms with Gasteiger partial charge in [0.05, 0.1) is 6.10 Å². The van der Waals surface area contributed by atoms with Crippen molar-refractivity contribution in [3.8, 4) is 0 Å². The summed E-state index contributed by atoms with van der Waals surface area (Å²) < 4.78 is 13.0. The molecule has 2 aromatic rings. The highest BCUT2D eigenvalue weighted by Gasteiger charge is 2.07. The second kappa shape index (κ2) is 6.97. The fraction of sp³-hybridized carbons (Fsp3) is 0.267. The van der Waals surface area contributed by atoms with E-state index in [0.29, 0.717) is 12.1 Å². The van der Waals surface area contributed by atoms with Crippen molar-refractivity contribution in [1.29, 1.82) is 0 Å². The van der Waals surface area contributed by atoms with Gasteiger partial charge in [0.25, 0.3) is 0 Å². The van der Waals surface area contributed by atoms with Gasteiger partial charge in [0.15, 0.2) is 0 Å². The lowest BCUT2D eigenvalue weighted by Gasteiger charge is -2.12. The maximum absolute atomic E-state index is 13.0. The molecule has 100 valence electrons. The second-order valence-electron chi connectivity index (χ2n) is 4.38. The lowest BCUT2D eigenvalue weighted by Crippen LogP contribution is -2.23. The average molecular weight is 260 g/mol. The predicted molar refractivity (Wildman–Crippen MR) is 72.2 cm³/mol. The van der Waals surface area contributed by atoms with Crippen LogP contribution in [0, 0.1) is 5.82 Å². The van der Waals surface area contributed by atoms with E-state index in [1.807, 2.05) is 12.1 Å². The van der Waals surface area contributed by atoms with E-state index in [9.17, 15) is 9.50 Å². The Hall–Kier alpha value is -1.78. The molecule has 2 rings (SSSR count). The quantitative estimate of drug-likeness (QED) is 0.782. The molecule has 1 atom stereocenters. The largest absolute Gasteiger partial charge is 0.387 e. The first kappa shape index (κ1) is 13.6. The number of nitrogens with one attached hydrogen (secondary N) is 1. The zero-order chi connectivity index (χ0) is 13.5. The Labute approximate surface area is 112 Å². The monoisotopic (exact) mass is 260 g/mol. The zero-order valence-electron chi connectivity index (χ0n) is 10.6. The van der Waals surface area contributed by atoms with Gasteiger partial charge >= 0.3 is 0 Å². The fourth-order valence-corrected chi connectivity index (χ4v) is 1.85. The average Bonchev–Trinajstić information content (AvgIpc) is 2.44. The molecule has 0 spiro atoms. The third kappa shape index (κ3) is 4.43. The van der Waals surface area contributed by atoms with Gasteiger partial charge in [-0.3, -0.25) is 4.98 Å². The summed E-state index contributed by atoms with van der Waals surface area (Å²) in [5, 5.41) is 13.1. The Morgan fingerprint density at radius 2 is 2.00 bits per heavy atom. The molecule has 0 saturated carbocycles. The number of benzene rings is 1. The van der Waals surface area contributed by atoms with Gasteiger partial charge in [-0.2, -0.15) is 0 Å². The fourth-order valence-electron chi connectivity index (χ4n) is 1.85. The molecule has 0 bridgehead atoms. The Balaban J connectivity index is 1.74. The normalized spacial score (nSPS) is 12.3. The lowest BCUT2D eigenvalue weighted by atomic mass is 10.1. The summed E-state index contributed by atoms with van der Waals surface area (Å²) in [7, 11) is 0. The van der Waals surface area contributed by atoms with Crippen LogP contribution in [0.25, 0.3) is 0 Å². The molecule has 1 aromatic carbocycles. The Morgan fingerprint density at radius 3 is 2.74 bits per heavy atom. The van der Waals surface area contributed by atoms with Crippen molar-refractivity contribution in [2.24, 2.45) is 0 Å². The molecule has 0 amide bonds. The molecule has 0 aliphatic rings. The van der Waals surface area contributed by atoms with Crippen LogP contribution in [0.2, 0.25) is 0 Å². The predicted octanol–water partition coefficient (Wildman–Crippen LogP) is 2.09. The molecule has 0 aliphatic heterocycles. The van der Waals surface area contributed by atoms with Crippen molar-refractivity contribution in [2.45, 2.75) is 12.5 Å². The van der Waals surface area contributed by atoms with E-state index in [1.54, 1.807) is 24.5 Å². The first-order valence-electron chi connectivity index (χ1n) is 6.29. The smallest absolute Gasteiger partial charge is 0.123 e. The van der Waals surface area contributed by atoms with Gasteiger partial charge in [0, 0.05) is 18.9 Å². The highest BCUT2D eigenvalue weighted by Crippen LogP contribution is 2.12. The maximum atomic E-state index is 13.0. The van der Waals surface area contributed by atoms with Crippen molar-refractivity contribution in [2.75, 3.05) is 13.1 Å². The van der Waals surface area contributed by atoms with Gasteiger partial charge in [-0.25, -0.2) is 4.39 Å². The zero-order valence-corrected chi connectivity index (χ0v) is 10.6. The van der Waals surface area contributed by atoms with Crippen LogP contribution in [0.5, 0.6) is 0 Å². The summed E-state index contributed by atoms with van der Waals surface area (Å²) in [6.07, 6.45) is 3.71. The van der Waals surface area contributed by atoms with Crippen molar-refractivity contribution in [3.05, 3.63) is 65.7 Å². The Kier molecular flexibility index (Phi) is 5.01. The maximum Gasteiger partial charge on any atom is 0.123 e. The number of aliphatic hydroxyl groups is 1.